The Balaban J connectivity index is 2.00. The van der Waals surface area contributed by atoms with E-state index in [1.165, 1.54) is 0 Å². The molecule has 20 heavy (non-hydrogen) atoms. The molecule has 1 fully saturated rings. The summed E-state index contributed by atoms with van der Waals surface area (Å²) in [6, 6.07) is 4.03. The average Bonchev–Trinajstić information content (AvgIpc) is 2.69. The first kappa shape index (κ1) is 13.9. The predicted molar refractivity (Wildman–Crippen MR) is 83.6 cm³/mol. The number of nitrogens with one attached hydrogen (secondary N) is 1. The quantitative estimate of drug-likeness (QED) is 0.808. The Kier molecular flexibility index (Phi) is 3.50. The zero-order chi connectivity index (χ0) is 14.2. The van der Waals surface area contributed by atoms with Gasteiger partial charge in [-0.15, -0.1) is 0 Å². The van der Waals surface area contributed by atoms with Crippen LogP contribution >= 0.6 is 11.9 Å². The maximum absolute atomic E-state index is 6.22. The standard InChI is InChI=1S/C15H21N3OS/c1-14(2,3)20-18-12-11-5-4-8-17-13(11)19-15(12)6-9-16-10-7-15/h4-5,8,16H,6-7,9-10H2,1-3H3. The van der Waals surface area contributed by atoms with E-state index in [2.05, 4.69) is 37.1 Å². The lowest BCUT2D eigenvalue weighted by molar-refractivity contribution is 0.112. The number of fused-ring (bicyclic) bond motifs is 1. The fourth-order valence-electron chi connectivity index (χ4n) is 2.62. The Labute approximate surface area is 124 Å². The number of nitrogens with zero attached hydrogens (tertiary/aromatic N) is 2. The summed E-state index contributed by atoms with van der Waals surface area (Å²) in [7, 11) is 0. The maximum atomic E-state index is 6.22. The topological polar surface area (TPSA) is 46.5 Å². The van der Waals surface area contributed by atoms with Crippen LogP contribution in [0.5, 0.6) is 5.88 Å². The van der Waals surface area contributed by atoms with E-state index in [0.29, 0.717) is 0 Å². The van der Waals surface area contributed by atoms with Crippen LogP contribution in [0.15, 0.2) is 22.7 Å². The minimum Gasteiger partial charge on any atom is -0.464 e. The van der Waals surface area contributed by atoms with Crippen molar-refractivity contribution in [2.24, 2.45) is 4.40 Å². The van der Waals surface area contributed by atoms with E-state index >= 15 is 0 Å². The number of rotatable bonds is 1. The molecule has 1 spiro atoms. The average molecular weight is 291 g/mol. The Morgan fingerprint density at radius 2 is 2.10 bits per heavy atom. The molecule has 5 heteroatoms. The smallest absolute Gasteiger partial charge is 0.223 e. The van der Waals surface area contributed by atoms with E-state index in [1.807, 2.05) is 6.07 Å². The Hall–Kier alpha value is -1.07. The molecule has 0 unspecified atom stereocenters. The van der Waals surface area contributed by atoms with E-state index in [-0.39, 0.29) is 10.3 Å². The second-order valence-corrected chi connectivity index (χ2v) is 7.94. The molecular weight excluding hydrogens is 270 g/mol. The highest BCUT2D eigenvalue weighted by molar-refractivity contribution is 7.99. The van der Waals surface area contributed by atoms with Crippen LogP contribution in [0, 0.1) is 0 Å². The summed E-state index contributed by atoms with van der Waals surface area (Å²) in [5, 5.41) is 3.39. The van der Waals surface area contributed by atoms with E-state index < -0.39 is 0 Å². The van der Waals surface area contributed by atoms with Gasteiger partial charge in [-0.2, -0.15) is 0 Å². The third kappa shape index (κ3) is 2.56. The van der Waals surface area contributed by atoms with Gasteiger partial charge in [0.25, 0.3) is 0 Å². The lowest BCUT2D eigenvalue weighted by Gasteiger charge is -2.33. The Morgan fingerprint density at radius 1 is 1.35 bits per heavy atom. The van der Waals surface area contributed by atoms with Crippen molar-refractivity contribution in [3.63, 3.8) is 0 Å². The van der Waals surface area contributed by atoms with Crippen LogP contribution < -0.4 is 10.1 Å². The molecule has 3 heterocycles. The van der Waals surface area contributed by atoms with Crippen molar-refractivity contribution in [1.29, 1.82) is 0 Å². The van der Waals surface area contributed by atoms with E-state index in [1.54, 1.807) is 18.1 Å². The van der Waals surface area contributed by atoms with Gasteiger partial charge < -0.3 is 10.1 Å². The van der Waals surface area contributed by atoms with Crippen molar-refractivity contribution in [2.75, 3.05) is 13.1 Å². The van der Waals surface area contributed by atoms with Crippen LogP contribution in [0.4, 0.5) is 0 Å². The molecule has 0 aliphatic carbocycles. The summed E-state index contributed by atoms with van der Waals surface area (Å²) >= 11 is 1.62. The second-order valence-electron chi connectivity index (χ2n) is 6.35. The van der Waals surface area contributed by atoms with Gasteiger partial charge in [-0.25, -0.2) is 9.38 Å². The van der Waals surface area contributed by atoms with Crippen molar-refractivity contribution in [1.82, 2.24) is 10.3 Å². The third-order valence-electron chi connectivity index (χ3n) is 3.57. The number of hydrogen-bond donors (Lipinski definition) is 1. The molecule has 0 radical (unpaired) electrons. The zero-order valence-electron chi connectivity index (χ0n) is 12.3. The molecule has 1 aromatic heterocycles. The molecule has 0 atom stereocenters. The summed E-state index contributed by atoms with van der Waals surface area (Å²) in [6.07, 6.45) is 3.69. The molecule has 108 valence electrons. The summed E-state index contributed by atoms with van der Waals surface area (Å²) in [6.45, 7) is 8.46. The van der Waals surface area contributed by atoms with Gasteiger partial charge in [0.2, 0.25) is 5.88 Å². The molecular formula is C15H21N3OS. The normalized spacial score (nSPS) is 22.9. The van der Waals surface area contributed by atoms with Gasteiger partial charge in [-0.05, 0) is 57.9 Å². The molecule has 2 aliphatic heterocycles. The van der Waals surface area contributed by atoms with Crippen LogP contribution in [-0.4, -0.2) is 34.1 Å². The molecule has 0 aromatic carbocycles. The fourth-order valence-corrected chi connectivity index (χ4v) is 3.25. The first-order valence-electron chi connectivity index (χ1n) is 7.12. The summed E-state index contributed by atoms with van der Waals surface area (Å²) in [4.78, 5) is 4.37. The molecule has 1 N–H and O–H groups in total. The molecule has 0 amide bonds. The first-order valence-corrected chi connectivity index (χ1v) is 7.89. The van der Waals surface area contributed by atoms with Gasteiger partial charge in [0.1, 0.15) is 5.71 Å². The highest BCUT2D eigenvalue weighted by Gasteiger charge is 2.47. The van der Waals surface area contributed by atoms with Gasteiger partial charge in [0.05, 0.1) is 5.56 Å². The van der Waals surface area contributed by atoms with Crippen LogP contribution in [0.2, 0.25) is 0 Å². The van der Waals surface area contributed by atoms with Crippen LogP contribution in [-0.2, 0) is 0 Å². The molecule has 0 bridgehead atoms. The maximum Gasteiger partial charge on any atom is 0.223 e. The summed E-state index contributed by atoms with van der Waals surface area (Å²) in [5.41, 5.74) is 1.85. The molecule has 1 aromatic rings. The Bertz CT molecular complexity index is 530. The zero-order valence-corrected chi connectivity index (χ0v) is 13.1. The lowest BCUT2D eigenvalue weighted by atomic mass is 9.86. The molecule has 2 aliphatic rings. The van der Waals surface area contributed by atoms with Crippen LogP contribution in [0.25, 0.3) is 0 Å². The number of ether oxygens (including phenoxy) is 1. The molecule has 3 rings (SSSR count). The largest absolute Gasteiger partial charge is 0.464 e. The van der Waals surface area contributed by atoms with Crippen molar-refractivity contribution >= 4 is 17.7 Å². The van der Waals surface area contributed by atoms with E-state index in [9.17, 15) is 0 Å². The van der Waals surface area contributed by atoms with Crippen molar-refractivity contribution in [3.8, 4) is 5.88 Å². The monoisotopic (exact) mass is 291 g/mol. The fraction of sp³-hybridized carbons (Fsp3) is 0.600. The highest BCUT2D eigenvalue weighted by Crippen LogP contribution is 2.41. The summed E-state index contributed by atoms with van der Waals surface area (Å²) in [5.74, 6) is 0.739. The minimum absolute atomic E-state index is 0.103. The predicted octanol–water partition coefficient (Wildman–Crippen LogP) is 2.83. The highest BCUT2D eigenvalue weighted by atomic mass is 32.2. The lowest BCUT2D eigenvalue weighted by Crippen LogP contribution is -2.49. The van der Waals surface area contributed by atoms with Crippen LogP contribution in [0.1, 0.15) is 39.2 Å². The van der Waals surface area contributed by atoms with E-state index in [4.69, 9.17) is 9.13 Å². The van der Waals surface area contributed by atoms with Gasteiger partial charge in [-0.3, -0.25) is 0 Å². The summed E-state index contributed by atoms with van der Waals surface area (Å²) < 4.78 is 11.2. The van der Waals surface area contributed by atoms with E-state index in [0.717, 1.165) is 43.1 Å². The minimum atomic E-state index is -0.278. The Morgan fingerprint density at radius 3 is 2.80 bits per heavy atom. The van der Waals surface area contributed by atoms with Crippen molar-refractivity contribution < 1.29 is 4.74 Å². The van der Waals surface area contributed by atoms with Crippen molar-refractivity contribution in [2.45, 2.75) is 44.0 Å². The first-order chi connectivity index (χ1) is 9.50. The molecule has 4 nitrogen and oxygen atoms in total. The van der Waals surface area contributed by atoms with Gasteiger partial charge in [0, 0.05) is 23.8 Å². The molecule has 1 saturated heterocycles. The number of pyridine rings is 1. The number of hydrogen-bond acceptors (Lipinski definition) is 5. The number of piperidine rings is 1. The SMILES string of the molecule is CC(C)(C)SN=C1c2cccnc2OC12CCNCC2. The van der Waals surface area contributed by atoms with Gasteiger partial charge in [0.15, 0.2) is 5.60 Å². The van der Waals surface area contributed by atoms with Crippen molar-refractivity contribution in [3.05, 3.63) is 23.9 Å². The van der Waals surface area contributed by atoms with Gasteiger partial charge in [-0.1, -0.05) is 0 Å². The second kappa shape index (κ2) is 5.04. The molecule has 0 saturated carbocycles. The van der Waals surface area contributed by atoms with Gasteiger partial charge >= 0.3 is 0 Å². The third-order valence-corrected chi connectivity index (χ3v) is 4.39. The van der Waals surface area contributed by atoms with Crippen LogP contribution in [0.3, 0.4) is 0 Å². The number of aromatic nitrogens is 1.